The molecule has 0 unspecified atom stereocenters. The van der Waals surface area contributed by atoms with Gasteiger partial charge in [-0.05, 0) is 17.7 Å². The summed E-state index contributed by atoms with van der Waals surface area (Å²) in [6.07, 6.45) is 1.52. The molecule has 0 aliphatic heterocycles. The molecule has 2 N–H and O–H groups in total. The lowest BCUT2D eigenvalue weighted by molar-refractivity contribution is 0.0691. The summed E-state index contributed by atoms with van der Waals surface area (Å²) in [7, 11) is 3.91. The van der Waals surface area contributed by atoms with E-state index < -0.39 is 5.97 Å². The van der Waals surface area contributed by atoms with Gasteiger partial charge in [-0.25, -0.2) is 4.79 Å². The van der Waals surface area contributed by atoms with E-state index >= 15 is 0 Å². The van der Waals surface area contributed by atoms with E-state index in [0.29, 0.717) is 5.56 Å². The molecule has 5 heteroatoms. The van der Waals surface area contributed by atoms with Crippen LogP contribution in [0.3, 0.4) is 0 Å². The standard InChI is InChI=1S/C12H13N3O2/c1-15(2)9-5-3-8(4-6-9)10-7-13-14-11(10)12(16)17/h3-7H,1-2H3,(H,13,14)(H,16,17). The summed E-state index contributed by atoms with van der Waals surface area (Å²) < 4.78 is 0. The Bertz CT molecular complexity index is 529. The Balaban J connectivity index is 2.40. The first-order chi connectivity index (χ1) is 8.09. The summed E-state index contributed by atoms with van der Waals surface area (Å²) in [6.45, 7) is 0. The van der Waals surface area contributed by atoms with E-state index in [4.69, 9.17) is 5.11 Å². The SMILES string of the molecule is CN(C)c1ccc(-c2cn[nH]c2C(=O)O)cc1. The van der Waals surface area contributed by atoms with Gasteiger partial charge in [-0.1, -0.05) is 12.1 Å². The average molecular weight is 231 g/mol. The van der Waals surface area contributed by atoms with Crippen molar-refractivity contribution in [2.45, 2.75) is 0 Å². The van der Waals surface area contributed by atoms with Crippen LogP contribution in [0.4, 0.5) is 5.69 Å². The second-order valence-corrected chi connectivity index (χ2v) is 3.91. The highest BCUT2D eigenvalue weighted by molar-refractivity contribution is 5.93. The Labute approximate surface area is 98.7 Å². The predicted octanol–water partition coefficient (Wildman–Crippen LogP) is 1.84. The van der Waals surface area contributed by atoms with Gasteiger partial charge in [0.1, 0.15) is 0 Å². The first kappa shape index (κ1) is 11.2. The van der Waals surface area contributed by atoms with E-state index in [1.54, 1.807) is 0 Å². The van der Waals surface area contributed by atoms with Crippen LogP contribution in [0.2, 0.25) is 0 Å². The number of H-pyrrole nitrogens is 1. The topological polar surface area (TPSA) is 69.2 Å². The first-order valence-corrected chi connectivity index (χ1v) is 5.14. The number of hydrogen-bond donors (Lipinski definition) is 2. The molecular formula is C12H13N3O2. The van der Waals surface area contributed by atoms with Gasteiger partial charge < -0.3 is 10.0 Å². The minimum absolute atomic E-state index is 0.114. The summed E-state index contributed by atoms with van der Waals surface area (Å²) in [6, 6.07) is 7.64. The van der Waals surface area contributed by atoms with Gasteiger partial charge in [-0.15, -0.1) is 0 Å². The van der Waals surface area contributed by atoms with Crippen LogP contribution in [0.5, 0.6) is 0 Å². The van der Waals surface area contributed by atoms with Crippen LogP contribution in [0.25, 0.3) is 11.1 Å². The smallest absolute Gasteiger partial charge is 0.354 e. The maximum atomic E-state index is 11.0. The molecule has 0 bridgehead atoms. The van der Waals surface area contributed by atoms with E-state index in [9.17, 15) is 4.79 Å². The van der Waals surface area contributed by atoms with Crippen LogP contribution < -0.4 is 4.90 Å². The number of aromatic carboxylic acids is 1. The fraction of sp³-hybridized carbons (Fsp3) is 0.167. The van der Waals surface area contributed by atoms with Crippen molar-refractivity contribution in [1.82, 2.24) is 10.2 Å². The Kier molecular flexibility index (Phi) is 2.82. The molecule has 2 rings (SSSR count). The number of aromatic nitrogens is 2. The Morgan fingerprint density at radius 2 is 1.94 bits per heavy atom. The first-order valence-electron chi connectivity index (χ1n) is 5.14. The molecule has 0 aliphatic rings. The number of carboxylic acid groups (broad SMARTS) is 1. The molecule has 5 nitrogen and oxygen atoms in total. The van der Waals surface area contributed by atoms with Crippen molar-refractivity contribution in [3.05, 3.63) is 36.2 Å². The van der Waals surface area contributed by atoms with Crippen LogP contribution in [-0.4, -0.2) is 35.4 Å². The molecule has 0 atom stereocenters. The summed E-state index contributed by atoms with van der Waals surface area (Å²) in [5.41, 5.74) is 2.61. The fourth-order valence-corrected chi connectivity index (χ4v) is 1.61. The third-order valence-corrected chi connectivity index (χ3v) is 2.55. The van der Waals surface area contributed by atoms with Crippen molar-refractivity contribution < 1.29 is 9.90 Å². The second kappa shape index (κ2) is 4.29. The lowest BCUT2D eigenvalue weighted by Gasteiger charge is -2.12. The third-order valence-electron chi connectivity index (χ3n) is 2.55. The van der Waals surface area contributed by atoms with Crippen LogP contribution in [-0.2, 0) is 0 Å². The number of carboxylic acids is 1. The average Bonchev–Trinajstić information content (AvgIpc) is 2.78. The maximum Gasteiger partial charge on any atom is 0.354 e. The van der Waals surface area contributed by atoms with Gasteiger partial charge in [0.05, 0.1) is 6.20 Å². The number of nitrogens with zero attached hydrogens (tertiary/aromatic N) is 2. The molecule has 0 fully saturated rings. The number of aromatic amines is 1. The van der Waals surface area contributed by atoms with Crippen molar-refractivity contribution in [2.24, 2.45) is 0 Å². The molecular weight excluding hydrogens is 218 g/mol. The van der Waals surface area contributed by atoms with Gasteiger partial charge in [-0.3, -0.25) is 5.10 Å². The molecule has 0 spiro atoms. The van der Waals surface area contributed by atoms with Gasteiger partial charge in [0, 0.05) is 25.3 Å². The normalized spacial score (nSPS) is 10.2. The van der Waals surface area contributed by atoms with Crippen LogP contribution in [0.1, 0.15) is 10.5 Å². The van der Waals surface area contributed by atoms with E-state index in [1.165, 1.54) is 6.20 Å². The Morgan fingerprint density at radius 3 is 2.47 bits per heavy atom. The summed E-state index contributed by atoms with van der Waals surface area (Å²) >= 11 is 0. The molecule has 0 amide bonds. The highest BCUT2D eigenvalue weighted by atomic mass is 16.4. The van der Waals surface area contributed by atoms with Crippen molar-refractivity contribution >= 4 is 11.7 Å². The zero-order chi connectivity index (χ0) is 12.4. The van der Waals surface area contributed by atoms with Crippen LogP contribution >= 0.6 is 0 Å². The number of benzene rings is 1. The van der Waals surface area contributed by atoms with Crippen LogP contribution in [0.15, 0.2) is 30.5 Å². The molecule has 0 saturated heterocycles. The Morgan fingerprint density at radius 1 is 1.29 bits per heavy atom. The lowest BCUT2D eigenvalue weighted by Crippen LogP contribution is -2.08. The van der Waals surface area contributed by atoms with E-state index in [-0.39, 0.29) is 5.69 Å². The Hall–Kier alpha value is -2.30. The van der Waals surface area contributed by atoms with Gasteiger partial charge in [-0.2, -0.15) is 5.10 Å². The molecule has 1 aromatic carbocycles. The highest BCUT2D eigenvalue weighted by Crippen LogP contribution is 2.24. The van der Waals surface area contributed by atoms with Crippen molar-refractivity contribution in [3.8, 4) is 11.1 Å². The number of hydrogen-bond acceptors (Lipinski definition) is 3. The van der Waals surface area contributed by atoms with Crippen LogP contribution in [0, 0.1) is 0 Å². The number of nitrogens with one attached hydrogen (secondary N) is 1. The second-order valence-electron chi connectivity index (χ2n) is 3.91. The van der Waals surface area contributed by atoms with Gasteiger partial charge in [0.2, 0.25) is 0 Å². The van der Waals surface area contributed by atoms with Gasteiger partial charge in [0.15, 0.2) is 5.69 Å². The minimum Gasteiger partial charge on any atom is -0.477 e. The predicted molar refractivity (Wildman–Crippen MR) is 65.3 cm³/mol. The summed E-state index contributed by atoms with van der Waals surface area (Å²) in [5, 5.41) is 15.2. The molecule has 0 radical (unpaired) electrons. The molecule has 2 aromatic rings. The fourth-order valence-electron chi connectivity index (χ4n) is 1.61. The quantitative estimate of drug-likeness (QED) is 0.845. The molecule has 0 saturated carbocycles. The number of carbonyl (C=O) groups is 1. The van der Waals surface area contributed by atoms with E-state index in [1.807, 2.05) is 43.3 Å². The van der Waals surface area contributed by atoms with E-state index in [0.717, 1.165) is 11.3 Å². The minimum atomic E-state index is -1.01. The lowest BCUT2D eigenvalue weighted by atomic mass is 10.1. The van der Waals surface area contributed by atoms with Gasteiger partial charge >= 0.3 is 5.97 Å². The van der Waals surface area contributed by atoms with Crippen molar-refractivity contribution in [1.29, 1.82) is 0 Å². The molecule has 0 aliphatic carbocycles. The molecule has 1 aromatic heterocycles. The van der Waals surface area contributed by atoms with Crippen molar-refractivity contribution in [3.63, 3.8) is 0 Å². The summed E-state index contributed by atoms with van der Waals surface area (Å²) in [4.78, 5) is 12.9. The van der Waals surface area contributed by atoms with Gasteiger partial charge in [0.25, 0.3) is 0 Å². The largest absolute Gasteiger partial charge is 0.477 e. The number of rotatable bonds is 3. The maximum absolute atomic E-state index is 11.0. The third kappa shape index (κ3) is 2.13. The zero-order valence-electron chi connectivity index (χ0n) is 9.64. The van der Waals surface area contributed by atoms with Crippen molar-refractivity contribution in [2.75, 3.05) is 19.0 Å². The highest BCUT2D eigenvalue weighted by Gasteiger charge is 2.13. The monoisotopic (exact) mass is 231 g/mol. The molecule has 1 heterocycles. The molecule has 17 heavy (non-hydrogen) atoms. The van der Waals surface area contributed by atoms with E-state index in [2.05, 4.69) is 10.2 Å². The molecule has 88 valence electrons. The zero-order valence-corrected chi connectivity index (χ0v) is 9.64. The number of anilines is 1. The summed E-state index contributed by atoms with van der Waals surface area (Å²) in [5.74, 6) is -1.01.